The van der Waals surface area contributed by atoms with Crippen LogP contribution in [0.25, 0.3) is 0 Å². The summed E-state index contributed by atoms with van der Waals surface area (Å²) in [5, 5.41) is 0. The lowest BCUT2D eigenvalue weighted by atomic mass is 9.89. The summed E-state index contributed by atoms with van der Waals surface area (Å²) in [6, 6.07) is 2.07. The van der Waals surface area contributed by atoms with Gasteiger partial charge in [-0.15, -0.1) is 0 Å². The Hall–Kier alpha value is -0.830. The van der Waals surface area contributed by atoms with Crippen molar-refractivity contribution in [2.75, 3.05) is 7.11 Å². The van der Waals surface area contributed by atoms with Gasteiger partial charge < -0.3 is 4.74 Å². The third kappa shape index (κ3) is 1.69. The van der Waals surface area contributed by atoms with Crippen LogP contribution in [-0.2, 0) is 6.42 Å². The van der Waals surface area contributed by atoms with Crippen molar-refractivity contribution >= 4 is 21.7 Å². The molecule has 15 heavy (non-hydrogen) atoms. The minimum absolute atomic E-state index is 0.224. The van der Waals surface area contributed by atoms with E-state index in [2.05, 4.69) is 22.0 Å². The third-order valence-electron chi connectivity index (χ3n) is 2.82. The average molecular weight is 269 g/mol. The standard InChI is InChI=1S/C12H13BrO2/c1-7-6-8-4-3-5-9(14)10(8)11(13)12(7)15-2/h6H,3-5H2,1-2H3. The number of carbonyl (C=O) groups excluding carboxylic acids is 1. The molecule has 0 unspecified atom stereocenters. The fraction of sp³-hybridized carbons (Fsp3) is 0.417. The van der Waals surface area contributed by atoms with Gasteiger partial charge in [-0.2, -0.15) is 0 Å². The molecule has 0 aliphatic heterocycles. The van der Waals surface area contributed by atoms with Gasteiger partial charge >= 0.3 is 0 Å². The highest BCUT2D eigenvalue weighted by Gasteiger charge is 2.23. The van der Waals surface area contributed by atoms with E-state index < -0.39 is 0 Å². The minimum Gasteiger partial charge on any atom is -0.495 e. The number of methoxy groups -OCH3 is 1. The van der Waals surface area contributed by atoms with Crippen LogP contribution in [0.4, 0.5) is 0 Å². The molecule has 2 rings (SSSR count). The van der Waals surface area contributed by atoms with Gasteiger partial charge in [0, 0.05) is 12.0 Å². The van der Waals surface area contributed by atoms with Crippen molar-refractivity contribution in [3.05, 3.63) is 27.2 Å². The molecule has 1 aromatic rings. The van der Waals surface area contributed by atoms with Crippen molar-refractivity contribution in [1.82, 2.24) is 0 Å². The van der Waals surface area contributed by atoms with Gasteiger partial charge in [-0.3, -0.25) is 4.79 Å². The molecule has 0 spiro atoms. The molecule has 0 amide bonds. The fourth-order valence-corrected chi connectivity index (χ4v) is 3.09. The molecule has 1 aromatic carbocycles. The second kappa shape index (κ2) is 3.97. The van der Waals surface area contributed by atoms with Crippen molar-refractivity contribution < 1.29 is 9.53 Å². The number of halogens is 1. The van der Waals surface area contributed by atoms with Crippen molar-refractivity contribution in [1.29, 1.82) is 0 Å². The van der Waals surface area contributed by atoms with Gasteiger partial charge in [0.05, 0.1) is 11.6 Å². The van der Waals surface area contributed by atoms with Gasteiger partial charge in [-0.1, -0.05) is 6.07 Å². The Labute approximate surface area is 97.8 Å². The zero-order valence-corrected chi connectivity index (χ0v) is 10.5. The van der Waals surface area contributed by atoms with Crippen molar-refractivity contribution in [2.45, 2.75) is 26.2 Å². The molecule has 0 heterocycles. The second-order valence-corrected chi connectivity index (χ2v) is 4.64. The van der Waals surface area contributed by atoms with Crippen LogP contribution in [0.3, 0.4) is 0 Å². The lowest BCUT2D eigenvalue weighted by Gasteiger charge is -2.19. The average Bonchev–Trinajstić information content (AvgIpc) is 2.17. The molecule has 1 aliphatic carbocycles. The van der Waals surface area contributed by atoms with E-state index >= 15 is 0 Å². The molecule has 2 nitrogen and oxygen atoms in total. The van der Waals surface area contributed by atoms with Gasteiger partial charge in [0.2, 0.25) is 0 Å². The summed E-state index contributed by atoms with van der Waals surface area (Å²) in [7, 11) is 1.63. The number of fused-ring (bicyclic) bond motifs is 1. The van der Waals surface area contributed by atoms with Crippen LogP contribution in [0.2, 0.25) is 0 Å². The van der Waals surface area contributed by atoms with E-state index in [1.807, 2.05) is 6.92 Å². The zero-order valence-electron chi connectivity index (χ0n) is 8.89. The van der Waals surface area contributed by atoms with Crippen LogP contribution in [0.1, 0.15) is 34.3 Å². The third-order valence-corrected chi connectivity index (χ3v) is 3.58. The van der Waals surface area contributed by atoms with E-state index in [1.165, 1.54) is 0 Å². The van der Waals surface area contributed by atoms with Crippen LogP contribution < -0.4 is 4.74 Å². The van der Waals surface area contributed by atoms with Crippen LogP contribution in [0.15, 0.2) is 10.5 Å². The molecule has 0 N–H and O–H groups in total. The number of ketones is 1. The van der Waals surface area contributed by atoms with Crippen LogP contribution in [0.5, 0.6) is 5.75 Å². The highest BCUT2D eigenvalue weighted by Crippen LogP contribution is 2.37. The lowest BCUT2D eigenvalue weighted by molar-refractivity contribution is 0.0971. The maximum Gasteiger partial charge on any atom is 0.164 e. The SMILES string of the molecule is COc1c(C)cc2c(c1Br)C(=O)CCC2. The first-order valence-corrected chi connectivity index (χ1v) is 5.83. The Balaban J connectivity index is 2.67. The molecule has 80 valence electrons. The molecule has 0 fully saturated rings. The first kappa shape index (κ1) is 10.7. The molecular formula is C12H13BrO2. The van der Waals surface area contributed by atoms with Crippen LogP contribution >= 0.6 is 15.9 Å². The number of rotatable bonds is 1. The van der Waals surface area contributed by atoms with E-state index in [4.69, 9.17) is 4.74 Å². The summed E-state index contributed by atoms with van der Waals surface area (Å²) in [4.78, 5) is 11.8. The maximum absolute atomic E-state index is 11.8. The van der Waals surface area contributed by atoms with Gasteiger partial charge in [0.15, 0.2) is 5.78 Å². The molecule has 0 bridgehead atoms. The molecule has 3 heteroatoms. The summed E-state index contributed by atoms with van der Waals surface area (Å²) in [6.45, 7) is 2.00. The number of aryl methyl sites for hydroxylation is 2. The lowest BCUT2D eigenvalue weighted by Crippen LogP contribution is -2.12. The monoisotopic (exact) mass is 268 g/mol. The largest absolute Gasteiger partial charge is 0.495 e. The van der Waals surface area contributed by atoms with E-state index in [-0.39, 0.29) is 5.78 Å². The summed E-state index contributed by atoms with van der Waals surface area (Å²) in [5.41, 5.74) is 3.05. The Kier molecular flexibility index (Phi) is 2.83. The quantitative estimate of drug-likeness (QED) is 0.782. The smallest absolute Gasteiger partial charge is 0.164 e. The maximum atomic E-state index is 11.8. The molecule has 0 saturated heterocycles. The molecule has 0 saturated carbocycles. The van der Waals surface area contributed by atoms with E-state index in [9.17, 15) is 4.79 Å². The molecule has 0 aromatic heterocycles. The molecular weight excluding hydrogens is 256 g/mol. The first-order valence-electron chi connectivity index (χ1n) is 5.04. The summed E-state index contributed by atoms with van der Waals surface area (Å²) >= 11 is 3.47. The Morgan fingerprint density at radius 1 is 1.40 bits per heavy atom. The Morgan fingerprint density at radius 3 is 2.80 bits per heavy atom. The fourth-order valence-electron chi connectivity index (χ4n) is 2.14. The van der Waals surface area contributed by atoms with Crippen LogP contribution in [-0.4, -0.2) is 12.9 Å². The predicted molar refractivity (Wildman–Crippen MR) is 62.7 cm³/mol. The summed E-state index contributed by atoms with van der Waals surface area (Å²) < 4.78 is 6.11. The van der Waals surface area contributed by atoms with Gasteiger partial charge in [0.25, 0.3) is 0 Å². The van der Waals surface area contributed by atoms with E-state index in [0.29, 0.717) is 6.42 Å². The number of benzene rings is 1. The number of hydrogen-bond acceptors (Lipinski definition) is 2. The first-order chi connectivity index (χ1) is 7.15. The Morgan fingerprint density at radius 2 is 2.13 bits per heavy atom. The number of ether oxygens (including phenoxy) is 1. The summed E-state index contributed by atoms with van der Waals surface area (Å²) in [6.07, 6.45) is 2.60. The minimum atomic E-state index is 0.224. The second-order valence-electron chi connectivity index (χ2n) is 3.85. The predicted octanol–water partition coefficient (Wildman–Crippen LogP) is 3.29. The van der Waals surface area contributed by atoms with Crippen molar-refractivity contribution in [2.24, 2.45) is 0 Å². The number of Topliss-reactive ketones (excluding diaryl/α,β-unsaturated/α-hetero) is 1. The topological polar surface area (TPSA) is 26.3 Å². The van der Waals surface area contributed by atoms with Crippen LogP contribution in [0, 0.1) is 6.92 Å². The van der Waals surface area contributed by atoms with Gasteiger partial charge in [0.1, 0.15) is 5.75 Å². The number of hydrogen-bond donors (Lipinski definition) is 0. The summed E-state index contributed by atoms with van der Waals surface area (Å²) in [5.74, 6) is 1.01. The highest BCUT2D eigenvalue weighted by atomic mass is 79.9. The zero-order chi connectivity index (χ0) is 11.0. The van der Waals surface area contributed by atoms with Gasteiger partial charge in [-0.25, -0.2) is 0 Å². The van der Waals surface area contributed by atoms with Gasteiger partial charge in [-0.05, 0) is 46.8 Å². The van der Waals surface area contributed by atoms with E-state index in [1.54, 1.807) is 7.11 Å². The van der Waals surface area contributed by atoms with Crippen molar-refractivity contribution in [3.8, 4) is 5.75 Å². The molecule has 0 radical (unpaired) electrons. The normalized spacial score (nSPS) is 15.0. The molecule has 0 atom stereocenters. The van der Waals surface area contributed by atoms with E-state index in [0.717, 1.165) is 39.8 Å². The van der Waals surface area contributed by atoms with Crippen molar-refractivity contribution in [3.63, 3.8) is 0 Å². The highest BCUT2D eigenvalue weighted by molar-refractivity contribution is 9.10. The Bertz CT molecular complexity index is 424. The molecule has 1 aliphatic rings. The number of carbonyl (C=O) groups is 1.